The molecule has 0 radical (unpaired) electrons. The van der Waals surface area contributed by atoms with Crippen LogP contribution in [0.15, 0.2) is 12.2 Å². The van der Waals surface area contributed by atoms with Gasteiger partial charge in [-0.1, -0.05) is 11.6 Å². The van der Waals surface area contributed by atoms with Crippen molar-refractivity contribution in [2.45, 2.75) is 32.8 Å². The van der Waals surface area contributed by atoms with Crippen molar-refractivity contribution in [1.29, 1.82) is 0 Å². The number of esters is 1. The van der Waals surface area contributed by atoms with Crippen LogP contribution < -0.4 is 0 Å². The van der Waals surface area contributed by atoms with Crippen LogP contribution in [-0.2, 0) is 24.3 Å². The van der Waals surface area contributed by atoms with Gasteiger partial charge in [0, 0.05) is 5.57 Å². The molecule has 0 amide bonds. The minimum atomic E-state index is -0.364. The molecule has 1 atom stereocenters. The van der Waals surface area contributed by atoms with Gasteiger partial charge in [0.15, 0.2) is 0 Å². The van der Waals surface area contributed by atoms with Crippen LogP contribution >= 0.6 is 0 Å². The predicted molar refractivity (Wildman–Crippen MR) is 53.6 cm³/mol. The number of ether oxygens (including phenoxy) is 1. The molecule has 0 aromatic heterocycles. The Morgan fingerprint density at radius 3 is 2.67 bits per heavy atom. The number of rotatable bonds is 8. The first-order chi connectivity index (χ1) is 7.07. The molecule has 0 spiro atoms. The van der Waals surface area contributed by atoms with Crippen LogP contribution in [0.4, 0.5) is 0 Å². The molecule has 0 aliphatic rings. The molecular weight excluding hydrogens is 200 g/mol. The van der Waals surface area contributed by atoms with E-state index in [0.29, 0.717) is 25.0 Å². The van der Waals surface area contributed by atoms with Gasteiger partial charge >= 0.3 is 5.97 Å². The van der Waals surface area contributed by atoms with E-state index in [2.05, 4.69) is 16.5 Å². The number of hydrogen-bond donors (Lipinski definition) is 0. The van der Waals surface area contributed by atoms with Gasteiger partial charge in [-0.05, 0) is 26.7 Å². The number of hydrogen-bond acceptors (Lipinski definition) is 5. The third-order valence-corrected chi connectivity index (χ3v) is 1.61. The van der Waals surface area contributed by atoms with E-state index in [4.69, 9.17) is 9.62 Å². The summed E-state index contributed by atoms with van der Waals surface area (Å²) in [6.45, 7) is 7.27. The topological polar surface area (TPSA) is 54.0 Å². The van der Waals surface area contributed by atoms with Crippen molar-refractivity contribution in [3.8, 4) is 0 Å². The van der Waals surface area contributed by atoms with E-state index < -0.39 is 0 Å². The minimum Gasteiger partial charge on any atom is -0.462 e. The van der Waals surface area contributed by atoms with Gasteiger partial charge in [-0.25, -0.2) is 14.6 Å². The molecule has 0 fully saturated rings. The van der Waals surface area contributed by atoms with Crippen molar-refractivity contribution in [3.05, 3.63) is 12.2 Å². The van der Waals surface area contributed by atoms with Crippen LogP contribution in [0.2, 0.25) is 0 Å². The standard InChI is InChI=1S/C10H18O5/c1-8(2)10(11)13-7-5-6-9(3)14-15-12-4/h9H,1,5-7H2,2-4H3. The molecular formula is C10H18O5. The van der Waals surface area contributed by atoms with E-state index >= 15 is 0 Å². The van der Waals surface area contributed by atoms with Crippen LogP contribution in [0.25, 0.3) is 0 Å². The van der Waals surface area contributed by atoms with Crippen molar-refractivity contribution in [3.63, 3.8) is 0 Å². The molecule has 5 nitrogen and oxygen atoms in total. The first kappa shape index (κ1) is 14.1. The number of carbonyl (C=O) groups is 1. The first-order valence-corrected chi connectivity index (χ1v) is 4.76. The predicted octanol–water partition coefficient (Wildman–Crippen LogP) is 1.78. The zero-order chi connectivity index (χ0) is 11.7. The zero-order valence-corrected chi connectivity index (χ0v) is 9.45. The lowest BCUT2D eigenvalue weighted by atomic mass is 10.2. The van der Waals surface area contributed by atoms with Crippen molar-refractivity contribution < 1.29 is 24.3 Å². The van der Waals surface area contributed by atoms with E-state index in [1.807, 2.05) is 6.92 Å². The maximum absolute atomic E-state index is 11.0. The zero-order valence-electron chi connectivity index (χ0n) is 9.45. The maximum Gasteiger partial charge on any atom is 0.333 e. The van der Waals surface area contributed by atoms with E-state index in [1.54, 1.807) is 6.92 Å². The molecule has 1 unspecified atom stereocenters. The largest absolute Gasteiger partial charge is 0.462 e. The molecule has 0 N–H and O–H groups in total. The van der Waals surface area contributed by atoms with Gasteiger partial charge in [0.25, 0.3) is 0 Å². The molecule has 5 heteroatoms. The molecule has 0 bridgehead atoms. The highest BCUT2D eigenvalue weighted by Crippen LogP contribution is 2.03. The Morgan fingerprint density at radius 1 is 1.47 bits per heavy atom. The molecule has 0 saturated carbocycles. The lowest BCUT2D eigenvalue weighted by Crippen LogP contribution is -2.11. The van der Waals surface area contributed by atoms with Gasteiger partial charge in [-0.15, -0.1) is 0 Å². The summed E-state index contributed by atoms with van der Waals surface area (Å²) in [6, 6.07) is 0. The summed E-state index contributed by atoms with van der Waals surface area (Å²) in [5, 5.41) is 4.29. The van der Waals surface area contributed by atoms with Crippen LogP contribution in [0.3, 0.4) is 0 Å². The lowest BCUT2D eigenvalue weighted by Gasteiger charge is -2.09. The van der Waals surface area contributed by atoms with E-state index in [9.17, 15) is 4.79 Å². The van der Waals surface area contributed by atoms with Crippen LogP contribution in [-0.4, -0.2) is 25.8 Å². The van der Waals surface area contributed by atoms with Crippen LogP contribution in [0.5, 0.6) is 0 Å². The Hall–Kier alpha value is -0.910. The summed E-state index contributed by atoms with van der Waals surface area (Å²) in [6.07, 6.45) is 1.31. The van der Waals surface area contributed by atoms with Gasteiger partial charge < -0.3 is 4.74 Å². The Morgan fingerprint density at radius 2 is 2.13 bits per heavy atom. The average molecular weight is 218 g/mol. The molecule has 0 rings (SSSR count). The fraction of sp³-hybridized carbons (Fsp3) is 0.700. The fourth-order valence-corrected chi connectivity index (χ4v) is 0.813. The fourth-order valence-electron chi connectivity index (χ4n) is 0.813. The SMILES string of the molecule is C=C(C)C(=O)OCCCC(C)OOOC. The van der Waals surface area contributed by atoms with Crippen molar-refractivity contribution in [2.75, 3.05) is 13.7 Å². The Kier molecular flexibility index (Phi) is 7.89. The highest BCUT2D eigenvalue weighted by Gasteiger charge is 2.05. The summed E-state index contributed by atoms with van der Waals surface area (Å²) in [5.41, 5.74) is 0.405. The van der Waals surface area contributed by atoms with E-state index in [-0.39, 0.29) is 12.1 Å². The summed E-state index contributed by atoms with van der Waals surface area (Å²) in [5.74, 6) is -0.364. The third-order valence-electron chi connectivity index (χ3n) is 1.61. The number of carbonyl (C=O) groups excluding carboxylic acids is 1. The highest BCUT2D eigenvalue weighted by molar-refractivity contribution is 5.86. The average Bonchev–Trinajstić information content (AvgIpc) is 2.20. The van der Waals surface area contributed by atoms with Crippen molar-refractivity contribution in [1.82, 2.24) is 0 Å². The Bertz CT molecular complexity index is 202. The first-order valence-electron chi connectivity index (χ1n) is 4.76. The lowest BCUT2D eigenvalue weighted by molar-refractivity contribution is -0.515. The normalized spacial score (nSPS) is 12.2. The molecule has 15 heavy (non-hydrogen) atoms. The van der Waals surface area contributed by atoms with Crippen molar-refractivity contribution >= 4 is 5.97 Å². The highest BCUT2D eigenvalue weighted by atomic mass is 17.5. The Balaban J connectivity index is 3.37. The van der Waals surface area contributed by atoms with Gasteiger partial charge in [-0.3, -0.25) is 0 Å². The smallest absolute Gasteiger partial charge is 0.333 e. The third kappa shape index (κ3) is 8.11. The van der Waals surface area contributed by atoms with Gasteiger partial charge in [0.1, 0.15) is 0 Å². The van der Waals surface area contributed by atoms with Gasteiger partial charge in [-0.2, -0.15) is 0 Å². The summed E-state index contributed by atoms with van der Waals surface area (Å²) in [7, 11) is 1.36. The molecule has 0 aliphatic heterocycles. The maximum atomic E-state index is 11.0. The summed E-state index contributed by atoms with van der Waals surface area (Å²) >= 11 is 0. The van der Waals surface area contributed by atoms with Crippen molar-refractivity contribution in [2.24, 2.45) is 0 Å². The monoisotopic (exact) mass is 218 g/mol. The van der Waals surface area contributed by atoms with E-state index in [1.165, 1.54) is 7.11 Å². The molecule has 0 aromatic rings. The van der Waals surface area contributed by atoms with Gasteiger partial charge in [0.2, 0.25) is 0 Å². The summed E-state index contributed by atoms with van der Waals surface area (Å²) < 4.78 is 4.89. The second-order valence-corrected chi connectivity index (χ2v) is 3.20. The second kappa shape index (κ2) is 8.40. The van der Waals surface area contributed by atoms with Crippen LogP contribution in [0.1, 0.15) is 26.7 Å². The quantitative estimate of drug-likeness (QED) is 0.204. The minimum absolute atomic E-state index is 0.103. The molecule has 88 valence electrons. The summed E-state index contributed by atoms with van der Waals surface area (Å²) in [4.78, 5) is 20.0. The second-order valence-electron chi connectivity index (χ2n) is 3.20. The van der Waals surface area contributed by atoms with Gasteiger partial charge in [0.05, 0.1) is 19.8 Å². The molecule has 0 aromatic carbocycles. The Labute approximate surface area is 89.8 Å². The molecule has 0 saturated heterocycles. The van der Waals surface area contributed by atoms with E-state index in [0.717, 1.165) is 0 Å². The molecule has 0 aliphatic carbocycles. The molecule has 0 heterocycles. The van der Waals surface area contributed by atoms with Crippen LogP contribution in [0, 0.1) is 0 Å².